The van der Waals surface area contributed by atoms with Gasteiger partial charge in [0.1, 0.15) is 18.2 Å². The smallest absolute Gasteiger partial charge is 0.161 e. The Hall–Kier alpha value is -2.15. The topological polar surface area (TPSA) is 47.0 Å². The number of halogens is 1. The molecular weight excluding hydrogens is 425 g/mol. The molecule has 0 aliphatic carbocycles. The van der Waals surface area contributed by atoms with Crippen molar-refractivity contribution in [3.63, 3.8) is 0 Å². The van der Waals surface area contributed by atoms with E-state index in [4.69, 9.17) is 4.74 Å². The zero-order valence-electron chi connectivity index (χ0n) is 14.1. The standard InChI is InChI=1S/C20H20IN3O/c1-2-12-22-20-18(21)13-23-19(24-20)16-8-10-17(11-9-16)25-14-15-6-4-3-5-7-15/h3-11,13H,2,12,14H2,1H3,(H,22,23,24). The summed E-state index contributed by atoms with van der Waals surface area (Å²) >= 11 is 2.25. The minimum atomic E-state index is 0.561. The van der Waals surface area contributed by atoms with E-state index in [0.717, 1.165) is 39.2 Å². The quantitative estimate of drug-likeness (QED) is 0.511. The minimum Gasteiger partial charge on any atom is -0.489 e. The van der Waals surface area contributed by atoms with Crippen molar-refractivity contribution in [3.05, 3.63) is 69.9 Å². The predicted octanol–water partition coefficient (Wildman–Crippen LogP) is 5.15. The lowest BCUT2D eigenvalue weighted by molar-refractivity contribution is 0.306. The second-order valence-electron chi connectivity index (χ2n) is 5.62. The molecule has 0 aliphatic heterocycles. The molecule has 3 rings (SSSR count). The van der Waals surface area contributed by atoms with Crippen molar-refractivity contribution < 1.29 is 4.74 Å². The number of nitrogens with one attached hydrogen (secondary N) is 1. The van der Waals surface area contributed by atoms with E-state index >= 15 is 0 Å². The number of nitrogens with zero attached hydrogens (tertiary/aromatic N) is 2. The van der Waals surface area contributed by atoms with Gasteiger partial charge < -0.3 is 10.1 Å². The van der Waals surface area contributed by atoms with Crippen molar-refractivity contribution >= 4 is 28.4 Å². The Morgan fingerprint density at radius 2 is 1.80 bits per heavy atom. The van der Waals surface area contributed by atoms with Gasteiger partial charge in [-0.2, -0.15) is 0 Å². The summed E-state index contributed by atoms with van der Waals surface area (Å²) in [6.07, 6.45) is 2.91. The molecule has 0 atom stereocenters. The van der Waals surface area contributed by atoms with Gasteiger partial charge in [-0.05, 0) is 58.8 Å². The Balaban J connectivity index is 1.69. The molecule has 3 aromatic rings. The minimum absolute atomic E-state index is 0.561. The van der Waals surface area contributed by atoms with Crippen LogP contribution in [0, 0.1) is 3.57 Å². The highest BCUT2D eigenvalue weighted by Crippen LogP contribution is 2.23. The number of hydrogen-bond acceptors (Lipinski definition) is 4. The van der Waals surface area contributed by atoms with Crippen molar-refractivity contribution in [1.29, 1.82) is 0 Å². The summed E-state index contributed by atoms with van der Waals surface area (Å²) < 4.78 is 6.85. The Bertz CT molecular complexity index is 807. The first-order chi connectivity index (χ1) is 12.3. The van der Waals surface area contributed by atoms with Gasteiger partial charge >= 0.3 is 0 Å². The first kappa shape index (κ1) is 17.7. The molecule has 0 saturated heterocycles. The monoisotopic (exact) mass is 445 g/mol. The van der Waals surface area contributed by atoms with E-state index in [0.29, 0.717) is 12.4 Å². The van der Waals surface area contributed by atoms with Gasteiger partial charge in [-0.1, -0.05) is 37.3 Å². The van der Waals surface area contributed by atoms with Gasteiger partial charge in [-0.15, -0.1) is 0 Å². The number of benzene rings is 2. The molecule has 4 nitrogen and oxygen atoms in total. The summed E-state index contributed by atoms with van der Waals surface area (Å²) in [5.41, 5.74) is 2.13. The van der Waals surface area contributed by atoms with Gasteiger partial charge in [0.15, 0.2) is 5.82 Å². The van der Waals surface area contributed by atoms with Gasteiger partial charge in [-0.25, -0.2) is 9.97 Å². The van der Waals surface area contributed by atoms with Crippen LogP contribution in [0.2, 0.25) is 0 Å². The third-order valence-electron chi connectivity index (χ3n) is 3.65. The number of aromatic nitrogens is 2. The molecule has 0 unspecified atom stereocenters. The molecule has 0 amide bonds. The van der Waals surface area contributed by atoms with Crippen molar-refractivity contribution in [3.8, 4) is 17.1 Å². The van der Waals surface area contributed by atoms with E-state index < -0.39 is 0 Å². The summed E-state index contributed by atoms with van der Waals surface area (Å²) in [5, 5.41) is 3.34. The van der Waals surface area contributed by atoms with Crippen LogP contribution in [-0.4, -0.2) is 16.5 Å². The van der Waals surface area contributed by atoms with E-state index in [1.165, 1.54) is 0 Å². The normalized spacial score (nSPS) is 10.5. The summed E-state index contributed by atoms with van der Waals surface area (Å²) in [6, 6.07) is 18.0. The predicted molar refractivity (Wildman–Crippen MR) is 110 cm³/mol. The van der Waals surface area contributed by atoms with Crippen molar-refractivity contribution in [2.45, 2.75) is 20.0 Å². The molecule has 5 heteroatoms. The van der Waals surface area contributed by atoms with Gasteiger partial charge in [0.2, 0.25) is 0 Å². The highest BCUT2D eigenvalue weighted by Gasteiger charge is 2.07. The lowest BCUT2D eigenvalue weighted by Gasteiger charge is -2.09. The van der Waals surface area contributed by atoms with Crippen LogP contribution in [0.5, 0.6) is 5.75 Å². The van der Waals surface area contributed by atoms with Crippen molar-refractivity contribution in [2.24, 2.45) is 0 Å². The molecule has 128 valence electrons. The maximum absolute atomic E-state index is 5.82. The highest BCUT2D eigenvalue weighted by atomic mass is 127. The molecule has 0 aliphatic rings. The van der Waals surface area contributed by atoms with E-state index in [1.807, 2.05) is 48.7 Å². The van der Waals surface area contributed by atoms with E-state index in [9.17, 15) is 0 Å². The van der Waals surface area contributed by atoms with Crippen LogP contribution in [0.1, 0.15) is 18.9 Å². The van der Waals surface area contributed by atoms with Gasteiger partial charge in [0.05, 0.1) is 3.57 Å². The molecule has 0 bridgehead atoms. The Kier molecular flexibility index (Phi) is 6.22. The highest BCUT2D eigenvalue weighted by molar-refractivity contribution is 14.1. The number of rotatable bonds is 7. The lowest BCUT2D eigenvalue weighted by Crippen LogP contribution is -2.05. The number of anilines is 1. The van der Waals surface area contributed by atoms with Crippen molar-refractivity contribution in [2.75, 3.05) is 11.9 Å². The fourth-order valence-corrected chi connectivity index (χ4v) is 2.77. The average molecular weight is 445 g/mol. The summed E-state index contributed by atoms with van der Waals surface area (Å²) in [4.78, 5) is 9.07. The van der Waals surface area contributed by atoms with E-state index in [2.05, 4.69) is 56.9 Å². The fraction of sp³-hybridized carbons (Fsp3) is 0.200. The largest absolute Gasteiger partial charge is 0.489 e. The molecular formula is C20H20IN3O. The molecule has 0 saturated carbocycles. The first-order valence-electron chi connectivity index (χ1n) is 8.30. The Morgan fingerprint density at radius 1 is 1.04 bits per heavy atom. The second kappa shape index (κ2) is 8.80. The zero-order chi connectivity index (χ0) is 17.5. The lowest BCUT2D eigenvalue weighted by atomic mass is 10.2. The maximum Gasteiger partial charge on any atom is 0.161 e. The third-order valence-corrected chi connectivity index (χ3v) is 4.44. The average Bonchev–Trinajstić information content (AvgIpc) is 2.67. The van der Waals surface area contributed by atoms with Gasteiger partial charge in [-0.3, -0.25) is 0 Å². The SMILES string of the molecule is CCCNc1nc(-c2ccc(OCc3ccccc3)cc2)ncc1I. The zero-order valence-corrected chi connectivity index (χ0v) is 16.2. The maximum atomic E-state index is 5.82. The van der Waals surface area contributed by atoms with Crippen molar-refractivity contribution in [1.82, 2.24) is 9.97 Å². The second-order valence-corrected chi connectivity index (χ2v) is 6.78. The summed E-state index contributed by atoms with van der Waals surface area (Å²) in [7, 11) is 0. The molecule has 1 N–H and O–H groups in total. The van der Waals surface area contributed by atoms with E-state index in [-0.39, 0.29) is 0 Å². The molecule has 0 fully saturated rings. The Labute approximate surface area is 161 Å². The molecule has 1 aromatic heterocycles. The van der Waals surface area contributed by atoms with Crippen LogP contribution >= 0.6 is 22.6 Å². The molecule has 0 spiro atoms. The van der Waals surface area contributed by atoms with Crippen LogP contribution in [0.4, 0.5) is 5.82 Å². The number of hydrogen-bond donors (Lipinski definition) is 1. The molecule has 1 heterocycles. The third kappa shape index (κ3) is 4.92. The fourth-order valence-electron chi connectivity index (χ4n) is 2.31. The van der Waals surface area contributed by atoms with Crippen LogP contribution in [0.25, 0.3) is 11.4 Å². The van der Waals surface area contributed by atoms with Crippen LogP contribution in [0.15, 0.2) is 60.8 Å². The van der Waals surface area contributed by atoms with Gasteiger partial charge in [0, 0.05) is 18.3 Å². The van der Waals surface area contributed by atoms with E-state index in [1.54, 1.807) is 0 Å². The Morgan fingerprint density at radius 3 is 2.52 bits per heavy atom. The van der Waals surface area contributed by atoms with Crippen LogP contribution in [-0.2, 0) is 6.61 Å². The molecule has 25 heavy (non-hydrogen) atoms. The van der Waals surface area contributed by atoms with Gasteiger partial charge in [0.25, 0.3) is 0 Å². The molecule has 0 radical (unpaired) electrons. The van der Waals surface area contributed by atoms with Crippen LogP contribution < -0.4 is 10.1 Å². The molecule has 2 aromatic carbocycles. The summed E-state index contributed by atoms with van der Waals surface area (Å²) in [5.74, 6) is 2.44. The van der Waals surface area contributed by atoms with Crippen LogP contribution in [0.3, 0.4) is 0 Å². The first-order valence-corrected chi connectivity index (χ1v) is 9.37. The summed E-state index contributed by atoms with van der Waals surface area (Å²) in [6.45, 7) is 3.60. The number of ether oxygens (including phenoxy) is 1.